The molecule has 3 amide bonds. The Morgan fingerprint density at radius 3 is 2.28 bits per heavy atom. The van der Waals surface area contributed by atoms with Crippen LogP contribution in [-0.4, -0.2) is 34.9 Å². The summed E-state index contributed by atoms with van der Waals surface area (Å²) >= 11 is 1.60. The van der Waals surface area contributed by atoms with Crippen LogP contribution < -0.4 is 26.8 Å². The summed E-state index contributed by atoms with van der Waals surface area (Å²) < 4.78 is 8.29. The van der Waals surface area contributed by atoms with Crippen LogP contribution in [0.2, 0.25) is 0 Å². The zero-order valence-corrected chi connectivity index (χ0v) is 26.8. The van der Waals surface area contributed by atoms with Gasteiger partial charge in [0.15, 0.2) is 0 Å². The summed E-state index contributed by atoms with van der Waals surface area (Å²) in [5, 5.41) is 9.12. The Kier molecular flexibility index (Phi) is 10.5. The first-order valence-corrected chi connectivity index (χ1v) is 16.1. The lowest BCUT2D eigenvalue weighted by Gasteiger charge is -2.25. The number of carbonyl (C=O) groups is 3. The molecule has 46 heavy (non-hydrogen) atoms. The minimum absolute atomic E-state index is 0.247. The Hall–Kier alpha value is -4.93. The maximum Gasteiger partial charge on any atom is 0.265 e. The van der Waals surface area contributed by atoms with Gasteiger partial charge in [-0.05, 0) is 76.7 Å². The van der Waals surface area contributed by atoms with Crippen LogP contribution in [-0.2, 0) is 35.5 Å². The van der Waals surface area contributed by atoms with Crippen molar-refractivity contribution in [2.24, 2.45) is 11.5 Å². The maximum absolute atomic E-state index is 14.3. The highest BCUT2D eigenvalue weighted by molar-refractivity contribution is 7.17. The van der Waals surface area contributed by atoms with E-state index >= 15 is 0 Å². The number of primary amides is 1. The number of hydrogen-bond acceptors (Lipinski definition) is 6. The number of amides is 3. The van der Waals surface area contributed by atoms with E-state index in [1.807, 2.05) is 85.1 Å². The summed E-state index contributed by atoms with van der Waals surface area (Å²) in [5.74, 6) is -0.630. The molecule has 2 heterocycles. The zero-order chi connectivity index (χ0) is 32.6. The average Bonchev–Trinajstić information content (AvgIpc) is 3.66. The van der Waals surface area contributed by atoms with Crippen molar-refractivity contribution in [2.75, 3.05) is 6.61 Å². The Morgan fingerprint density at radius 1 is 0.891 bits per heavy atom. The van der Waals surface area contributed by atoms with Crippen LogP contribution in [0.25, 0.3) is 10.1 Å². The SMILES string of the molecule is CCOc1ccc(C[C@H](C(=O)N[C@@H](Cc2csc3ccccc23)C(=O)NCc2ccc(CN)cc2)n2ccc(C)c2C(N)=O)cc1. The summed E-state index contributed by atoms with van der Waals surface area (Å²) in [6, 6.07) is 23.2. The number of carbonyl (C=O) groups excluding carboxylic acids is 3. The van der Waals surface area contributed by atoms with Crippen LogP contribution in [0.4, 0.5) is 0 Å². The van der Waals surface area contributed by atoms with Gasteiger partial charge in [0.25, 0.3) is 5.91 Å². The van der Waals surface area contributed by atoms with Gasteiger partial charge in [-0.2, -0.15) is 0 Å². The van der Waals surface area contributed by atoms with E-state index in [4.69, 9.17) is 16.2 Å². The predicted molar refractivity (Wildman–Crippen MR) is 182 cm³/mol. The van der Waals surface area contributed by atoms with Crippen molar-refractivity contribution in [1.82, 2.24) is 15.2 Å². The number of rotatable bonds is 14. The molecule has 0 aliphatic carbocycles. The number of nitrogens with zero attached hydrogens (tertiary/aromatic N) is 1. The first-order chi connectivity index (χ1) is 22.3. The van der Waals surface area contributed by atoms with Crippen LogP contribution in [0.3, 0.4) is 0 Å². The molecule has 0 bridgehead atoms. The molecule has 238 valence electrons. The van der Waals surface area contributed by atoms with E-state index in [1.165, 1.54) is 0 Å². The molecule has 0 saturated carbocycles. The van der Waals surface area contributed by atoms with Crippen LogP contribution in [0.5, 0.6) is 5.75 Å². The Morgan fingerprint density at radius 2 is 1.59 bits per heavy atom. The molecule has 9 nitrogen and oxygen atoms in total. The molecule has 0 radical (unpaired) electrons. The van der Waals surface area contributed by atoms with Gasteiger partial charge in [-0.15, -0.1) is 11.3 Å². The highest BCUT2D eigenvalue weighted by atomic mass is 32.1. The van der Waals surface area contributed by atoms with Crippen molar-refractivity contribution in [3.8, 4) is 5.75 Å². The monoisotopic (exact) mass is 637 g/mol. The van der Waals surface area contributed by atoms with Crippen molar-refractivity contribution < 1.29 is 19.1 Å². The van der Waals surface area contributed by atoms with Crippen molar-refractivity contribution in [3.63, 3.8) is 0 Å². The van der Waals surface area contributed by atoms with E-state index in [0.29, 0.717) is 25.3 Å². The van der Waals surface area contributed by atoms with Crippen LogP contribution in [0.1, 0.15) is 51.3 Å². The molecule has 3 aromatic carbocycles. The second-order valence-electron chi connectivity index (χ2n) is 11.2. The Labute approximate surface area is 272 Å². The summed E-state index contributed by atoms with van der Waals surface area (Å²) in [4.78, 5) is 40.6. The maximum atomic E-state index is 14.3. The van der Waals surface area contributed by atoms with Crippen molar-refractivity contribution >= 4 is 39.1 Å². The number of ether oxygens (including phenoxy) is 1. The molecule has 0 spiro atoms. The molecular formula is C36H39N5O4S. The number of aryl methyl sites for hydroxylation is 1. The van der Waals surface area contributed by atoms with E-state index in [1.54, 1.807) is 35.1 Å². The fourth-order valence-corrected chi connectivity index (χ4v) is 6.53. The molecule has 0 saturated heterocycles. The van der Waals surface area contributed by atoms with E-state index in [9.17, 15) is 14.4 Å². The summed E-state index contributed by atoms with van der Waals surface area (Å²) in [6.45, 7) is 4.96. The smallest absolute Gasteiger partial charge is 0.265 e. The third-order valence-electron chi connectivity index (χ3n) is 8.00. The van der Waals surface area contributed by atoms with Crippen LogP contribution in [0, 0.1) is 6.92 Å². The molecule has 2 atom stereocenters. The lowest BCUT2D eigenvalue weighted by Crippen LogP contribution is -2.50. The number of benzene rings is 3. The van der Waals surface area contributed by atoms with Gasteiger partial charge in [0.05, 0.1) is 6.61 Å². The minimum atomic E-state index is -0.884. The van der Waals surface area contributed by atoms with Gasteiger partial charge in [0.1, 0.15) is 23.5 Å². The third kappa shape index (κ3) is 7.64. The van der Waals surface area contributed by atoms with Gasteiger partial charge >= 0.3 is 0 Å². The predicted octanol–water partition coefficient (Wildman–Crippen LogP) is 4.80. The molecule has 10 heteroatoms. The summed E-state index contributed by atoms with van der Waals surface area (Å²) in [7, 11) is 0. The Balaban J connectivity index is 1.44. The molecule has 0 aliphatic rings. The first-order valence-electron chi connectivity index (χ1n) is 15.3. The lowest BCUT2D eigenvalue weighted by molar-refractivity contribution is -0.130. The second kappa shape index (κ2) is 14.9. The summed E-state index contributed by atoms with van der Waals surface area (Å²) in [5.41, 5.74) is 16.1. The molecule has 0 fully saturated rings. The molecule has 0 aliphatic heterocycles. The fraction of sp³-hybridized carbons (Fsp3) is 0.250. The highest BCUT2D eigenvalue weighted by Gasteiger charge is 2.30. The quantitative estimate of drug-likeness (QED) is 0.139. The van der Waals surface area contributed by atoms with Gasteiger partial charge in [-0.1, -0.05) is 54.6 Å². The standard InChI is InChI=1S/C36H39N5O4S/c1-3-45-28-14-12-24(13-15-28)18-31(41-17-16-23(2)33(41)34(38)42)36(44)40-30(19-27-22-46-32-7-5-4-6-29(27)32)35(43)39-21-26-10-8-25(20-37)9-11-26/h4-17,22,30-31H,3,18-21,37H2,1-2H3,(H2,38,42)(H,39,43)(H,40,44)/t30-,31+/m0/s1. The number of thiophene rings is 1. The van der Waals surface area contributed by atoms with Crippen molar-refractivity contribution in [1.29, 1.82) is 0 Å². The van der Waals surface area contributed by atoms with Gasteiger partial charge in [0, 0.05) is 36.8 Å². The van der Waals surface area contributed by atoms with E-state index in [0.717, 1.165) is 38.1 Å². The molecule has 0 unspecified atom stereocenters. The Bertz CT molecular complexity index is 1810. The molecule has 2 aromatic heterocycles. The molecule has 5 rings (SSSR count). The molecular weight excluding hydrogens is 598 g/mol. The topological polar surface area (TPSA) is 141 Å². The van der Waals surface area contributed by atoms with Crippen molar-refractivity contribution in [3.05, 3.63) is 124 Å². The van der Waals surface area contributed by atoms with Crippen molar-refractivity contribution in [2.45, 2.75) is 51.9 Å². The van der Waals surface area contributed by atoms with E-state index in [2.05, 4.69) is 10.6 Å². The number of fused-ring (bicyclic) bond motifs is 1. The van der Waals surface area contributed by atoms with Crippen LogP contribution in [0.15, 0.2) is 90.4 Å². The van der Waals surface area contributed by atoms with Gasteiger partial charge in [0.2, 0.25) is 11.8 Å². The van der Waals surface area contributed by atoms with E-state index < -0.39 is 23.9 Å². The first kappa shape index (κ1) is 32.5. The second-order valence-corrected chi connectivity index (χ2v) is 12.1. The van der Waals surface area contributed by atoms with Gasteiger partial charge in [-0.3, -0.25) is 14.4 Å². The minimum Gasteiger partial charge on any atom is -0.494 e. The fourth-order valence-electron chi connectivity index (χ4n) is 5.55. The average molecular weight is 638 g/mol. The van der Waals surface area contributed by atoms with Gasteiger partial charge < -0.3 is 31.4 Å². The van der Waals surface area contributed by atoms with Gasteiger partial charge in [-0.25, -0.2) is 0 Å². The number of aromatic nitrogens is 1. The lowest BCUT2D eigenvalue weighted by atomic mass is 10.0. The van der Waals surface area contributed by atoms with Crippen LogP contribution >= 0.6 is 11.3 Å². The largest absolute Gasteiger partial charge is 0.494 e. The molecule has 6 N–H and O–H groups in total. The zero-order valence-electron chi connectivity index (χ0n) is 26.0. The molecule has 5 aromatic rings. The highest BCUT2D eigenvalue weighted by Crippen LogP contribution is 2.27. The third-order valence-corrected chi connectivity index (χ3v) is 9.01. The number of nitrogens with two attached hydrogens (primary N) is 2. The number of nitrogens with one attached hydrogen (secondary N) is 2. The summed E-state index contributed by atoms with van der Waals surface area (Å²) in [6.07, 6.45) is 2.24. The normalized spacial score (nSPS) is 12.4. The number of hydrogen-bond donors (Lipinski definition) is 4. The van der Waals surface area contributed by atoms with E-state index in [-0.39, 0.29) is 24.4 Å².